The lowest BCUT2D eigenvalue weighted by Gasteiger charge is -2.52. The monoisotopic (exact) mass is 365 g/mol. The van der Waals surface area contributed by atoms with Gasteiger partial charge < -0.3 is 0 Å². The molecule has 1 aromatic carbocycles. The highest BCUT2D eigenvalue weighted by Crippen LogP contribution is 2.58. The van der Waals surface area contributed by atoms with Crippen molar-refractivity contribution in [2.75, 3.05) is 0 Å². The second kappa shape index (κ2) is 5.07. The van der Waals surface area contributed by atoms with Crippen LogP contribution in [0.2, 0.25) is 0 Å². The molecule has 0 amide bonds. The smallest absolute Gasteiger partial charge is 0.221 e. The van der Waals surface area contributed by atoms with E-state index in [9.17, 15) is 0 Å². The van der Waals surface area contributed by atoms with Gasteiger partial charge in [-0.25, -0.2) is 9.13 Å². The molecule has 0 N–H and O–H groups in total. The van der Waals surface area contributed by atoms with E-state index in [0.717, 1.165) is 12.8 Å². The maximum Gasteiger partial charge on any atom is 0.290 e. The molecule has 2 aromatic rings. The maximum atomic E-state index is 2.72. The van der Waals surface area contributed by atoms with Gasteiger partial charge in [0, 0.05) is 24.7 Å². The molecule has 2 nitrogen and oxygen atoms in total. The number of rotatable bonds is 2. The molecule has 0 aliphatic carbocycles. The Balaban J connectivity index is 2.31. The van der Waals surface area contributed by atoms with Crippen molar-refractivity contribution in [2.45, 2.75) is 104 Å². The van der Waals surface area contributed by atoms with Crippen molar-refractivity contribution >= 4 is 0 Å². The van der Waals surface area contributed by atoms with E-state index in [-0.39, 0.29) is 21.9 Å². The van der Waals surface area contributed by atoms with Crippen molar-refractivity contribution in [1.82, 2.24) is 4.57 Å². The quantitative estimate of drug-likeness (QED) is 0.587. The summed E-state index contributed by atoms with van der Waals surface area (Å²) in [4.78, 5) is 0. The Bertz CT molecular complexity index is 959. The van der Waals surface area contributed by atoms with Crippen LogP contribution in [0.4, 0.5) is 0 Å². The Morgan fingerprint density at radius 2 is 1.48 bits per heavy atom. The third kappa shape index (κ3) is 1.72. The number of aromatic nitrogens is 2. The first kappa shape index (κ1) is 18.8. The molecule has 2 aliphatic rings. The lowest BCUT2D eigenvalue weighted by Crippen LogP contribution is -2.69. The van der Waals surface area contributed by atoms with Crippen molar-refractivity contribution < 1.29 is 4.57 Å². The van der Waals surface area contributed by atoms with E-state index >= 15 is 0 Å². The first-order chi connectivity index (χ1) is 12.4. The Hall–Kier alpha value is -1.57. The van der Waals surface area contributed by atoms with Crippen LogP contribution in [0, 0.1) is 13.8 Å². The molecule has 0 saturated heterocycles. The topological polar surface area (TPSA) is 8.81 Å². The van der Waals surface area contributed by atoms with Crippen LogP contribution in [-0.4, -0.2) is 4.57 Å². The number of imidazole rings is 1. The lowest BCUT2D eigenvalue weighted by atomic mass is 9.57. The van der Waals surface area contributed by atoms with Crippen molar-refractivity contribution in [3.8, 4) is 11.4 Å². The summed E-state index contributed by atoms with van der Waals surface area (Å²) in [5.74, 6) is 1.44. The molecule has 0 bridgehead atoms. The number of benzene rings is 1. The highest BCUT2D eigenvalue weighted by molar-refractivity contribution is 5.72. The summed E-state index contributed by atoms with van der Waals surface area (Å²) < 4.78 is 5.38. The highest BCUT2D eigenvalue weighted by atomic mass is 15.3. The molecule has 0 spiro atoms. The van der Waals surface area contributed by atoms with Crippen molar-refractivity contribution in [1.29, 1.82) is 0 Å². The van der Waals surface area contributed by atoms with Gasteiger partial charge in [-0.2, -0.15) is 0 Å². The molecule has 146 valence electrons. The van der Waals surface area contributed by atoms with Crippen molar-refractivity contribution in [3.63, 3.8) is 0 Å². The fourth-order valence-electron chi connectivity index (χ4n) is 6.29. The van der Waals surface area contributed by atoms with Gasteiger partial charge in [0.15, 0.2) is 0 Å². The van der Waals surface area contributed by atoms with Crippen LogP contribution in [0.5, 0.6) is 0 Å². The Kier molecular flexibility index (Phi) is 3.53. The van der Waals surface area contributed by atoms with Crippen LogP contribution in [0.25, 0.3) is 11.4 Å². The van der Waals surface area contributed by atoms with E-state index in [2.05, 4.69) is 96.6 Å². The van der Waals surface area contributed by atoms with E-state index < -0.39 is 0 Å². The summed E-state index contributed by atoms with van der Waals surface area (Å²) in [6.07, 6.45) is 2.28. The van der Waals surface area contributed by atoms with Gasteiger partial charge in [0.05, 0.1) is 5.56 Å². The standard InChI is InChI=1S/C25H37N2/c1-11-24(9)19-15-13-14-18-20(19)21-26(23(7,8)22(18,5)6)16(3)17(4)27(21)25(24,10)12-2/h13-15H,11-12H2,1-10H3/q+1. The van der Waals surface area contributed by atoms with Crippen LogP contribution in [0.3, 0.4) is 0 Å². The molecular weight excluding hydrogens is 328 g/mol. The van der Waals surface area contributed by atoms with E-state index in [1.54, 1.807) is 5.56 Å². The average Bonchev–Trinajstić information content (AvgIpc) is 2.90. The molecule has 0 fully saturated rings. The van der Waals surface area contributed by atoms with E-state index in [1.807, 2.05) is 0 Å². The zero-order chi connectivity index (χ0) is 20.2. The summed E-state index contributed by atoms with van der Waals surface area (Å²) in [7, 11) is 0. The number of hydrogen-bond donors (Lipinski definition) is 0. The van der Waals surface area contributed by atoms with Crippen LogP contribution in [-0.2, 0) is 21.9 Å². The predicted octanol–water partition coefficient (Wildman–Crippen LogP) is 5.89. The number of nitrogens with zero attached hydrogens (tertiary/aromatic N) is 2. The Labute approximate surface area is 165 Å². The third-order valence-corrected chi connectivity index (χ3v) is 9.34. The van der Waals surface area contributed by atoms with Gasteiger partial charge in [0.2, 0.25) is 0 Å². The van der Waals surface area contributed by atoms with Gasteiger partial charge in [0.25, 0.3) is 5.82 Å². The van der Waals surface area contributed by atoms with Crippen molar-refractivity contribution in [3.05, 3.63) is 40.7 Å². The van der Waals surface area contributed by atoms with Gasteiger partial charge in [-0.15, -0.1) is 0 Å². The molecule has 0 saturated carbocycles. The van der Waals surface area contributed by atoms with Gasteiger partial charge in [-0.05, 0) is 44.7 Å². The predicted molar refractivity (Wildman–Crippen MR) is 113 cm³/mol. The minimum Gasteiger partial charge on any atom is -0.221 e. The molecule has 2 atom stereocenters. The zero-order valence-corrected chi connectivity index (χ0v) is 19.0. The van der Waals surface area contributed by atoms with Crippen LogP contribution in [0.1, 0.15) is 90.7 Å². The van der Waals surface area contributed by atoms with Gasteiger partial charge >= 0.3 is 0 Å². The molecule has 0 radical (unpaired) electrons. The summed E-state index contributed by atoms with van der Waals surface area (Å²) in [6, 6.07) is 7.11. The maximum absolute atomic E-state index is 2.72. The Morgan fingerprint density at radius 3 is 2.04 bits per heavy atom. The second-order valence-electron chi connectivity index (χ2n) is 10.4. The molecule has 2 unspecified atom stereocenters. The first-order valence-corrected chi connectivity index (χ1v) is 10.7. The summed E-state index contributed by atoms with van der Waals surface area (Å²) in [5, 5.41) is 0. The van der Waals surface area contributed by atoms with E-state index in [4.69, 9.17) is 0 Å². The van der Waals surface area contributed by atoms with E-state index in [0.29, 0.717) is 0 Å². The minimum atomic E-state index is 0.0165. The Morgan fingerprint density at radius 1 is 0.889 bits per heavy atom. The first-order valence-electron chi connectivity index (χ1n) is 10.7. The van der Waals surface area contributed by atoms with Crippen LogP contribution in [0.15, 0.2) is 18.2 Å². The molecular formula is C25H37N2+. The van der Waals surface area contributed by atoms with Crippen LogP contribution >= 0.6 is 0 Å². The van der Waals surface area contributed by atoms with Gasteiger partial charge in [-0.1, -0.05) is 52.8 Å². The minimum absolute atomic E-state index is 0.0165. The molecule has 2 heteroatoms. The molecule has 4 rings (SSSR count). The molecule has 1 aromatic heterocycles. The molecule has 3 heterocycles. The average molecular weight is 366 g/mol. The fourth-order valence-corrected chi connectivity index (χ4v) is 6.29. The summed E-state index contributed by atoms with van der Waals surface area (Å²) in [5.41, 5.74) is 7.69. The zero-order valence-electron chi connectivity index (χ0n) is 19.0. The van der Waals surface area contributed by atoms with Gasteiger partial charge in [0.1, 0.15) is 22.5 Å². The van der Waals surface area contributed by atoms with Crippen molar-refractivity contribution in [2.24, 2.45) is 0 Å². The normalized spacial score (nSPS) is 29.6. The SMILES string of the molecule is CCC1(C)c2cccc3c2-c2n(c(C)c(C)[n+]2C1(C)CC)C(C)(C)C3(C)C. The van der Waals surface area contributed by atoms with Gasteiger partial charge in [-0.3, -0.25) is 0 Å². The lowest BCUT2D eigenvalue weighted by molar-refractivity contribution is -0.769. The van der Waals surface area contributed by atoms with Crippen LogP contribution < -0.4 is 4.57 Å². The highest BCUT2D eigenvalue weighted by Gasteiger charge is 2.62. The number of hydrogen-bond acceptors (Lipinski definition) is 0. The molecule has 27 heavy (non-hydrogen) atoms. The fraction of sp³-hybridized carbons (Fsp3) is 0.640. The third-order valence-electron chi connectivity index (χ3n) is 9.34. The summed E-state index contributed by atoms with van der Waals surface area (Å²) >= 11 is 0. The largest absolute Gasteiger partial charge is 0.290 e. The van der Waals surface area contributed by atoms with E-state index in [1.165, 1.54) is 28.3 Å². The summed E-state index contributed by atoms with van der Waals surface area (Å²) in [6.45, 7) is 24.1. The second-order valence-corrected chi connectivity index (χ2v) is 10.4. The molecule has 2 aliphatic heterocycles.